The molecule has 0 N–H and O–H groups in total. The maximum absolute atomic E-state index is 2.43. The molecule has 1 saturated carbocycles. The maximum atomic E-state index is 2.43. The Hall–Kier alpha value is -0.780. The zero-order valence-electron chi connectivity index (χ0n) is 10.00. The van der Waals surface area contributed by atoms with E-state index >= 15 is 0 Å². The van der Waals surface area contributed by atoms with Gasteiger partial charge in [-0.05, 0) is 29.7 Å². The number of benzene rings is 1. The third kappa shape index (κ3) is 2.25. The molecule has 0 aliphatic heterocycles. The van der Waals surface area contributed by atoms with Crippen molar-refractivity contribution in [3.63, 3.8) is 0 Å². The van der Waals surface area contributed by atoms with Crippen molar-refractivity contribution >= 4 is 0 Å². The van der Waals surface area contributed by atoms with Crippen molar-refractivity contribution in [2.45, 2.75) is 51.4 Å². The Morgan fingerprint density at radius 2 is 1.93 bits per heavy atom. The summed E-state index contributed by atoms with van der Waals surface area (Å²) in [6.45, 7) is 4.71. The number of rotatable bonds is 5. The van der Waals surface area contributed by atoms with Gasteiger partial charge in [-0.2, -0.15) is 0 Å². The van der Waals surface area contributed by atoms with Crippen molar-refractivity contribution in [2.75, 3.05) is 0 Å². The van der Waals surface area contributed by atoms with E-state index in [-0.39, 0.29) is 0 Å². The fraction of sp³-hybridized carbons (Fsp3) is 0.600. The fourth-order valence-corrected chi connectivity index (χ4v) is 2.69. The van der Waals surface area contributed by atoms with Gasteiger partial charge < -0.3 is 0 Å². The highest BCUT2D eigenvalue weighted by molar-refractivity contribution is 5.32. The number of hydrogen-bond acceptors (Lipinski definition) is 0. The van der Waals surface area contributed by atoms with Crippen LogP contribution in [0.1, 0.15) is 51.5 Å². The van der Waals surface area contributed by atoms with E-state index in [2.05, 4.69) is 44.2 Å². The van der Waals surface area contributed by atoms with E-state index < -0.39 is 0 Å². The summed E-state index contributed by atoms with van der Waals surface area (Å²) in [5, 5.41) is 0. The summed E-state index contributed by atoms with van der Waals surface area (Å²) in [7, 11) is 0. The SMILES string of the molecule is CCCCC[C@@H]1C[C@@]1(C)c1ccccc1. The Labute approximate surface area is 93.7 Å². The first-order chi connectivity index (χ1) is 7.27. The monoisotopic (exact) mass is 202 g/mol. The van der Waals surface area contributed by atoms with Crippen LogP contribution in [0.25, 0.3) is 0 Å². The van der Waals surface area contributed by atoms with E-state index in [1.165, 1.54) is 32.1 Å². The molecule has 82 valence electrons. The predicted octanol–water partition coefficient (Wildman–Crippen LogP) is 4.54. The molecule has 0 aromatic heterocycles. The highest BCUT2D eigenvalue weighted by Gasteiger charge is 2.49. The molecule has 1 aromatic rings. The Kier molecular flexibility index (Phi) is 3.14. The van der Waals surface area contributed by atoms with Crippen LogP contribution in [-0.4, -0.2) is 0 Å². The van der Waals surface area contributed by atoms with Crippen LogP contribution in [-0.2, 0) is 5.41 Å². The minimum absolute atomic E-state index is 0.509. The van der Waals surface area contributed by atoms with Crippen LogP contribution < -0.4 is 0 Å². The highest BCUT2D eigenvalue weighted by atomic mass is 14.5. The molecule has 2 atom stereocenters. The van der Waals surface area contributed by atoms with Gasteiger partial charge >= 0.3 is 0 Å². The number of unbranched alkanes of at least 4 members (excludes halogenated alkanes) is 2. The van der Waals surface area contributed by atoms with Crippen LogP contribution in [0.5, 0.6) is 0 Å². The van der Waals surface area contributed by atoms with E-state index in [0.717, 1.165) is 5.92 Å². The Bertz CT molecular complexity index is 301. The molecule has 0 nitrogen and oxygen atoms in total. The molecule has 0 radical (unpaired) electrons. The maximum Gasteiger partial charge on any atom is -0.00438 e. The summed E-state index contributed by atoms with van der Waals surface area (Å²) < 4.78 is 0. The van der Waals surface area contributed by atoms with Crippen LogP contribution in [0.15, 0.2) is 30.3 Å². The Balaban J connectivity index is 1.90. The molecule has 0 spiro atoms. The minimum Gasteiger partial charge on any atom is -0.0654 e. The van der Waals surface area contributed by atoms with Gasteiger partial charge in [0, 0.05) is 0 Å². The average molecular weight is 202 g/mol. The second-order valence-electron chi connectivity index (χ2n) is 5.18. The van der Waals surface area contributed by atoms with Crippen molar-refractivity contribution in [3.8, 4) is 0 Å². The highest BCUT2D eigenvalue weighted by Crippen LogP contribution is 2.56. The summed E-state index contributed by atoms with van der Waals surface area (Å²) in [5.74, 6) is 0.950. The zero-order valence-corrected chi connectivity index (χ0v) is 10.00. The lowest BCUT2D eigenvalue weighted by Crippen LogP contribution is -2.03. The molecule has 2 rings (SSSR count). The molecule has 0 amide bonds. The first kappa shape index (κ1) is 10.7. The average Bonchev–Trinajstić information content (AvgIpc) is 2.93. The summed E-state index contributed by atoms with van der Waals surface area (Å²) in [5.41, 5.74) is 2.06. The Morgan fingerprint density at radius 1 is 1.20 bits per heavy atom. The van der Waals surface area contributed by atoms with Gasteiger partial charge in [0.15, 0.2) is 0 Å². The van der Waals surface area contributed by atoms with Gasteiger partial charge in [-0.3, -0.25) is 0 Å². The third-order valence-electron chi connectivity index (χ3n) is 4.00. The zero-order chi connectivity index (χ0) is 10.7. The molecule has 0 unspecified atom stereocenters. The van der Waals surface area contributed by atoms with E-state index in [1.807, 2.05) is 0 Å². The lowest BCUT2D eigenvalue weighted by atomic mass is 9.94. The van der Waals surface area contributed by atoms with Gasteiger partial charge in [0.2, 0.25) is 0 Å². The van der Waals surface area contributed by atoms with E-state index in [0.29, 0.717) is 5.41 Å². The van der Waals surface area contributed by atoms with Gasteiger partial charge in [-0.15, -0.1) is 0 Å². The second-order valence-corrected chi connectivity index (χ2v) is 5.18. The lowest BCUT2D eigenvalue weighted by Gasteiger charge is -2.11. The number of hydrogen-bond donors (Lipinski definition) is 0. The lowest BCUT2D eigenvalue weighted by molar-refractivity contribution is 0.563. The van der Waals surface area contributed by atoms with E-state index in [9.17, 15) is 0 Å². The molecule has 0 bridgehead atoms. The van der Waals surface area contributed by atoms with Crippen LogP contribution in [0.4, 0.5) is 0 Å². The quantitative estimate of drug-likeness (QED) is 0.615. The van der Waals surface area contributed by atoms with Crippen LogP contribution in [0.2, 0.25) is 0 Å². The largest absolute Gasteiger partial charge is 0.0654 e. The molecule has 1 fully saturated rings. The molecule has 0 heterocycles. The standard InChI is InChI=1S/C15H22/c1-3-4-6-11-14-12-15(14,2)13-9-7-5-8-10-13/h5,7-10,14H,3-4,6,11-12H2,1-2H3/t14-,15+/m1/s1. The van der Waals surface area contributed by atoms with E-state index in [4.69, 9.17) is 0 Å². The molecular formula is C15H22. The van der Waals surface area contributed by atoms with Gasteiger partial charge in [0.05, 0.1) is 0 Å². The summed E-state index contributed by atoms with van der Waals surface area (Å²) in [6.07, 6.45) is 7.00. The molecule has 1 aromatic carbocycles. The molecular weight excluding hydrogens is 180 g/mol. The van der Waals surface area contributed by atoms with Crippen molar-refractivity contribution in [1.29, 1.82) is 0 Å². The van der Waals surface area contributed by atoms with Crippen LogP contribution in [0, 0.1) is 5.92 Å². The molecule has 0 saturated heterocycles. The van der Waals surface area contributed by atoms with Gasteiger partial charge in [-0.25, -0.2) is 0 Å². The van der Waals surface area contributed by atoms with Crippen molar-refractivity contribution in [2.24, 2.45) is 5.92 Å². The van der Waals surface area contributed by atoms with Crippen molar-refractivity contribution in [3.05, 3.63) is 35.9 Å². The molecule has 0 heteroatoms. The topological polar surface area (TPSA) is 0 Å². The van der Waals surface area contributed by atoms with Crippen molar-refractivity contribution < 1.29 is 0 Å². The molecule has 1 aliphatic rings. The summed E-state index contributed by atoms with van der Waals surface area (Å²) >= 11 is 0. The minimum atomic E-state index is 0.509. The predicted molar refractivity (Wildman–Crippen MR) is 66.0 cm³/mol. The smallest absolute Gasteiger partial charge is 0.00438 e. The molecule has 15 heavy (non-hydrogen) atoms. The summed E-state index contributed by atoms with van der Waals surface area (Å²) in [6, 6.07) is 11.0. The van der Waals surface area contributed by atoms with E-state index in [1.54, 1.807) is 5.56 Å². The summed E-state index contributed by atoms with van der Waals surface area (Å²) in [4.78, 5) is 0. The Morgan fingerprint density at radius 3 is 2.60 bits per heavy atom. The van der Waals surface area contributed by atoms with Gasteiger partial charge in [0.25, 0.3) is 0 Å². The first-order valence-corrected chi connectivity index (χ1v) is 6.33. The third-order valence-corrected chi connectivity index (χ3v) is 4.00. The second kappa shape index (κ2) is 4.38. The van der Waals surface area contributed by atoms with Crippen molar-refractivity contribution in [1.82, 2.24) is 0 Å². The normalized spacial score (nSPS) is 29.1. The van der Waals surface area contributed by atoms with Crippen LogP contribution >= 0.6 is 0 Å². The fourth-order valence-electron chi connectivity index (χ4n) is 2.69. The molecule has 1 aliphatic carbocycles. The first-order valence-electron chi connectivity index (χ1n) is 6.33. The van der Waals surface area contributed by atoms with Gasteiger partial charge in [-0.1, -0.05) is 63.4 Å². The van der Waals surface area contributed by atoms with Crippen LogP contribution in [0.3, 0.4) is 0 Å². The van der Waals surface area contributed by atoms with Gasteiger partial charge in [0.1, 0.15) is 0 Å².